The number of nitrogens with one attached hydrogen (secondary N) is 1. The molecule has 1 heterocycles. The van der Waals surface area contributed by atoms with Crippen molar-refractivity contribution in [2.24, 2.45) is 0 Å². The Labute approximate surface area is 191 Å². The van der Waals surface area contributed by atoms with Crippen LogP contribution in [-0.4, -0.2) is 57.2 Å². The molecular formula is C22H23ClFN3O4S. The molecule has 4 rings (SSSR count). The van der Waals surface area contributed by atoms with Crippen LogP contribution in [0, 0.1) is 5.82 Å². The normalized spacial score (nSPS) is 16.8. The highest BCUT2D eigenvalue weighted by Gasteiger charge is 2.30. The van der Waals surface area contributed by atoms with E-state index in [1.54, 1.807) is 17.0 Å². The Hall–Kier alpha value is -2.49. The Kier molecular flexibility index (Phi) is 6.24. The van der Waals surface area contributed by atoms with Crippen LogP contribution >= 0.6 is 11.6 Å². The molecule has 0 spiro atoms. The van der Waals surface area contributed by atoms with Gasteiger partial charge in [-0.15, -0.1) is 0 Å². The van der Waals surface area contributed by atoms with Gasteiger partial charge in [0.1, 0.15) is 10.7 Å². The summed E-state index contributed by atoms with van der Waals surface area (Å²) < 4.78 is 42.2. The van der Waals surface area contributed by atoms with Crippen molar-refractivity contribution in [2.45, 2.75) is 30.7 Å². The molecule has 0 unspecified atom stereocenters. The van der Waals surface area contributed by atoms with Gasteiger partial charge in [-0.3, -0.25) is 9.59 Å². The second-order valence-corrected chi connectivity index (χ2v) is 10.1. The molecule has 1 amide bonds. The van der Waals surface area contributed by atoms with Crippen LogP contribution < -0.4 is 9.62 Å². The van der Waals surface area contributed by atoms with Crippen molar-refractivity contribution in [3.63, 3.8) is 0 Å². The Morgan fingerprint density at radius 2 is 1.69 bits per heavy atom. The van der Waals surface area contributed by atoms with E-state index in [-0.39, 0.29) is 33.2 Å². The van der Waals surface area contributed by atoms with Crippen molar-refractivity contribution >= 4 is 39.0 Å². The number of amides is 1. The van der Waals surface area contributed by atoms with Crippen molar-refractivity contribution in [1.29, 1.82) is 0 Å². The summed E-state index contributed by atoms with van der Waals surface area (Å²) in [6.07, 6.45) is 1.58. The van der Waals surface area contributed by atoms with Gasteiger partial charge in [-0.2, -0.15) is 0 Å². The van der Waals surface area contributed by atoms with Gasteiger partial charge < -0.3 is 9.80 Å². The molecule has 32 heavy (non-hydrogen) atoms. The van der Waals surface area contributed by atoms with Gasteiger partial charge in [-0.1, -0.05) is 11.6 Å². The molecule has 0 bridgehead atoms. The van der Waals surface area contributed by atoms with E-state index in [0.717, 1.165) is 12.8 Å². The number of Topliss-reactive ketones (excluding diaryl/α,β-unsaturated/α-hetero) is 1. The van der Waals surface area contributed by atoms with Crippen LogP contribution in [0.3, 0.4) is 0 Å². The first-order chi connectivity index (χ1) is 15.2. The minimum Gasteiger partial charge on any atom is -0.366 e. The second kappa shape index (κ2) is 8.80. The molecule has 0 atom stereocenters. The van der Waals surface area contributed by atoms with Crippen molar-refractivity contribution in [3.8, 4) is 0 Å². The number of rotatable bonds is 6. The fourth-order valence-corrected chi connectivity index (χ4v) is 5.47. The molecule has 7 nitrogen and oxygen atoms in total. The number of carbonyl (C=O) groups is 2. The van der Waals surface area contributed by atoms with Crippen molar-refractivity contribution < 1.29 is 22.4 Å². The molecule has 1 saturated heterocycles. The standard InChI is InChI=1S/C22H23ClFN3O4S/c1-14(28)15-3-7-20(19(24)12-15)26-8-10-27(11-9-26)22(29)16-2-6-18(23)21(13-16)32(30,31)25-17-4-5-17/h2-3,6-7,12-13,17,25H,4-5,8-11H2,1H3. The van der Waals surface area contributed by atoms with Gasteiger partial charge >= 0.3 is 0 Å². The zero-order valence-electron chi connectivity index (χ0n) is 17.5. The van der Waals surface area contributed by atoms with E-state index in [9.17, 15) is 22.4 Å². The average molecular weight is 480 g/mol. The van der Waals surface area contributed by atoms with E-state index >= 15 is 0 Å². The molecular weight excluding hydrogens is 457 g/mol. The summed E-state index contributed by atoms with van der Waals surface area (Å²) in [5.74, 6) is -0.993. The lowest BCUT2D eigenvalue weighted by Crippen LogP contribution is -2.49. The Morgan fingerprint density at radius 3 is 2.28 bits per heavy atom. The maximum atomic E-state index is 14.5. The Morgan fingerprint density at radius 1 is 1.03 bits per heavy atom. The second-order valence-electron chi connectivity index (χ2n) is 8.04. The van der Waals surface area contributed by atoms with E-state index in [4.69, 9.17) is 11.6 Å². The van der Waals surface area contributed by atoms with E-state index in [1.807, 2.05) is 4.90 Å². The molecule has 1 N–H and O–H groups in total. The van der Waals surface area contributed by atoms with Crippen LogP contribution in [0.1, 0.15) is 40.5 Å². The van der Waals surface area contributed by atoms with Crippen LogP contribution in [0.4, 0.5) is 10.1 Å². The zero-order valence-corrected chi connectivity index (χ0v) is 19.0. The number of ketones is 1. The average Bonchev–Trinajstić information content (AvgIpc) is 3.57. The molecule has 10 heteroatoms. The number of sulfonamides is 1. The number of nitrogens with zero attached hydrogens (tertiary/aromatic N) is 2. The quantitative estimate of drug-likeness (QED) is 0.643. The highest BCUT2D eigenvalue weighted by molar-refractivity contribution is 7.89. The van der Waals surface area contributed by atoms with E-state index < -0.39 is 15.8 Å². The van der Waals surface area contributed by atoms with Gasteiger partial charge in [-0.05, 0) is 56.2 Å². The summed E-state index contributed by atoms with van der Waals surface area (Å²) in [4.78, 5) is 27.7. The maximum Gasteiger partial charge on any atom is 0.254 e. The summed E-state index contributed by atoms with van der Waals surface area (Å²) in [6.45, 7) is 2.89. The number of piperazine rings is 1. The highest BCUT2D eigenvalue weighted by Crippen LogP contribution is 2.28. The fourth-order valence-electron chi connectivity index (χ4n) is 3.64. The monoisotopic (exact) mass is 479 g/mol. The molecule has 2 aliphatic rings. The summed E-state index contributed by atoms with van der Waals surface area (Å²) in [6, 6.07) is 8.54. The fraction of sp³-hybridized carbons (Fsp3) is 0.364. The summed E-state index contributed by atoms with van der Waals surface area (Å²) >= 11 is 6.10. The molecule has 2 aromatic carbocycles. The smallest absolute Gasteiger partial charge is 0.254 e. The SMILES string of the molecule is CC(=O)c1ccc(N2CCN(C(=O)c3ccc(Cl)c(S(=O)(=O)NC4CC4)c3)CC2)c(F)c1. The number of anilines is 1. The summed E-state index contributed by atoms with van der Waals surface area (Å²) in [7, 11) is -3.80. The van der Waals surface area contributed by atoms with E-state index in [0.29, 0.717) is 37.4 Å². The van der Waals surface area contributed by atoms with Gasteiger partial charge in [0.2, 0.25) is 10.0 Å². The van der Waals surface area contributed by atoms with Crippen LogP contribution in [0.15, 0.2) is 41.3 Å². The summed E-state index contributed by atoms with van der Waals surface area (Å²) in [5, 5.41) is 0.0593. The Balaban J connectivity index is 1.46. The molecule has 0 aromatic heterocycles. The van der Waals surface area contributed by atoms with Crippen LogP contribution in [0.25, 0.3) is 0 Å². The van der Waals surface area contributed by atoms with Crippen molar-refractivity contribution in [3.05, 3.63) is 58.4 Å². The molecule has 1 saturated carbocycles. The molecule has 0 radical (unpaired) electrons. The lowest BCUT2D eigenvalue weighted by atomic mass is 10.1. The molecule has 170 valence electrons. The molecule has 1 aliphatic carbocycles. The van der Waals surface area contributed by atoms with E-state index in [1.165, 1.54) is 31.2 Å². The largest absolute Gasteiger partial charge is 0.366 e. The van der Waals surface area contributed by atoms with Crippen LogP contribution in [0.2, 0.25) is 5.02 Å². The summed E-state index contributed by atoms with van der Waals surface area (Å²) in [5.41, 5.74) is 0.925. The number of hydrogen-bond donors (Lipinski definition) is 1. The molecule has 1 aliphatic heterocycles. The minimum atomic E-state index is -3.80. The third kappa shape index (κ3) is 4.79. The first kappa shape index (κ1) is 22.7. The number of halogens is 2. The van der Waals surface area contributed by atoms with Gasteiger partial charge in [0.25, 0.3) is 5.91 Å². The van der Waals surface area contributed by atoms with Crippen molar-refractivity contribution in [2.75, 3.05) is 31.1 Å². The first-order valence-corrected chi connectivity index (χ1v) is 12.2. The number of hydrogen-bond acceptors (Lipinski definition) is 5. The number of benzene rings is 2. The lowest BCUT2D eigenvalue weighted by Gasteiger charge is -2.36. The third-order valence-corrected chi connectivity index (χ3v) is 7.63. The van der Waals surface area contributed by atoms with Crippen LogP contribution in [-0.2, 0) is 10.0 Å². The highest BCUT2D eigenvalue weighted by atomic mass is 35.5. The van der Waals surface area contributed by atoms with Gasteiger partial charge in [0.15, 0.2) is 5.78 Å². The van der Waals surface area contributed by atoms with Crippen LogP contribution in [0.5, 0.6) is 0 Å². The van der Waals surface area contributed by atoms with Gasteiger partial charge in [0, 0.05) is 43.3 Å². The van der Waals surface area contributed by atoms with E-state index in [2.05, 4.69) is 4.72 Å². The first-order valence-electron chi connectivity index (χ1n) is 10.3. The topological polar surface area (TPSA) is 86.8 Å². The maximum absolute atomic E-state index is 14.5. The van der Waals surface area contributed by atoms with Crippen molar-refractivity contribution in [1.82, 2.24) is 9.62 Å². The predicted octanol–water partition coefficient (Wildman–Crippen LogP) is 3.08. The number of carbonyl (C=O) groups excluding carboxylic acids is 2. The lowest BCUT2D eigenvalue weighted by molar-refractivity contribution is 0.0746. The third-order valence-electron chi connectivity index (χ3n) is 5.63. The zero-order chi connectivity index (χ0) is 23.0. The predicted molar refractivity (Wildman–Crippen MR) is 119 cm³/mol. The van der Waals surface area contributed by atoms with Gasteiger partial charge in [-0.25, -0.2) is 17.5 Å². The minimum absolute atomic E-state index is 0.0593. The molecule has 2 aromatic rings. The van der Waals surface area contributed by atoms with Gasteiger partial charge in [0.05, 0.1) is 10.7 Å². The molecule has 2 fully saturated rings. The Bertz CT molecular complexity index is 1180.